The Balaban J connectivity index is 2.29. The minimum absolute atomic E-state index is 0.0415. The lowest BCUT2D eigenvalue weighted by Crippen LogP contribution is -2.42. The highest BCUT2D eigenvalue weighted by atomic mass is 79.9. The molecule has 0 N–H and O–H groups in total. The molecular weight excluding hydrogens is 406 g/mol. The van der Waals surface area contributed by atoms with Crippen LogP contribution in [0.3, 0.4) is 0 Å². The summed E-state index contributed by atoms with van der Waals surface area (Å²) in [5.41, 5.74) is 0. The van der Waals surface area contributed by atoms with Gasteiger partial charge in [-0.3, -0.25) is 0 Å². The van der Waals surface area contributed by atoms with Gasteiger partial charge in [-0.05, 0) is 34.2 Å². The van der Waals surface area contributed by atoms with Crippen LogP contribution in [0.1, 0.15) is 6.42 Å². The van der Waals surface area contributed by atoms with Gasteiger partial charge >= 0.3 is 0 Å². The van der Waals surface area contributed by atoms with Crippen molar-refractivity contribution in [1.82, 2.24) is 4.31 Å². The lowest BCUT2D eigenvalue weighted by Gasteiger charge is -2.26. The lowest BCUT2D eigenvalue weighted by atomic mass is 10.3. The molecule has 1 aliphatic rings. The molecule has 0 aromatic carbocycles. The molecule has 1 unspecified atom stereocenters. The summed E-state index contributed by atoms with van der Waals surface area (Å²) in [6, 6.07) is 1.55. The van der Waals surface area contributed by atoms with Crippen molar-refractivity contribution in [3.8, 4) is 0 Å². The average molecular weight is 421 g/mol. The Morgan fingerprint density at radius 1 is 1.60 bits per heavy atom. The second-order valence-electron chi connectivity index (χ2n) is 4.31. The number of rotatable bonds is 6. The normalized spacial score (nSPS) is 19.9. The maximum atomic E-state index is 12.8. The molecule has 0 aliphatic carbocycles. The van der Waals surface area contributed by atoms with Crippen LogP contribution in [-0.4, -0.2) is 50.5 Å². The molecule has 1 aliphatic heterocycles. The fourth-order valence-electron chi connectivity index (χ4n) is 2.00. The fourth-order valence-corrected chi connectivity index (χ4v) is 7.48. The highest BCUT2D eigenvalue weighted by molar-refractivity contribution is 9.11. The minimum Gasteiger partial charge on any atom is -0.383 e. The quantitative estimate of drug-likeness (QED) is 0.708. The number of nitrogens with zero attached hydrogens (tertiary/aromatic N) is 1. The molecule has 20 heavy (non-hydrogen) atoms. The summed E-state index contributed by atoms with van der Waals surface area (Å²) < 4.78 is 33.1. The first-order valence-electron chi connectivity index (χ1n) is 6.00. The predicted octanol–water partition coefficient (Wildman–Crippen LogP) is 3.31. The van der Waals surface area contributed by atoms with Crippen molar-refractivity contribution in [2.24, 2.45) is 0 Å². The van der Waals surface area contributed by atoms with Crippen molar-refractivity contribution in [3.05, 3.63) is 14.9 Å². The first kappa shape index (κ1) is 17.1. The Morgan fingerprint density at radius 3 is 2.85 bits per heavy atom. The van der Waals surface area contributed by atoms with E-state index in [0.717, 1.165) is 29.3 Å². The standard InChI is InChI=1S/C11H15BrClNO3S3/c1-17-4-3-14(8-2-5-18-7-8)20(15,16)10-6-9(13)11(12)19-10/h6,8H,2-5,7H2,1H3. The van der Waals surface area contributed by atoms with Crippen molar-refractivity contribution in [1.29, 1.82) is 0 Å². The number of thioether (sulfide) groups is 1. The van der Waals surface area contributed by atoms with Crippen molar-refractivity contribution >= 4 is 60.7 Å². The molecule has 0 bridgehead atoms. The zero-order chi connectivity index (χ0) is 14.8. The first-order valence-corrected chi connectivity index (χ1v) is 10.6. The Bertz CT molecular complexity index is 538. The van der Waals surface area contributed by atoms with Gasteiger partial charge < -0.3 is 4.74 Å². The van der Waals surface area contributed by atoms with Gasteiger partial charge in [-0.15, -0.1) is 11.3 Å². The zero-order valence-electron chi connectivity index (χ0n) is 10.8. The number of hydrogen-bond acceptors (Lipinski definition) is 5. The van der Waals surface area contributed by atoms with Gasteiger partial charge in [-0.25, -0.2) is 8.42 Å². The predicted molar refractivity (Wildman–Crippen MR) is 88.5 cm³/mol. The maximum absolute atomic E-state index is 12.8. The number of ether oxygens (including phenoxy) is 1. The summed E-state index contributed by atoms with van der Waals surface area (Å²) in [4.78, 5) is 0. The molecular formula is C11H15BrClNO3S3. The van der Waals surface area contributed by atoms with E-state index in [4.69, 9.17) is 16.3 Å². The number of hydrogen-bond donors (Lipinski definition) is 0. The average Bonchev–Trinajstić information content (AvgIpc) is 3.01. The van der Waals surface area contributed by atoms with E-state index >= 15 is 0 Å². The molecule has 1 fully saturated rings. The van der Waals surface area contributed by atoms with Crippen LogP contribution < -0.4 is 0 Å². The van der Waals surface area contributed by atoms with E-state index in [1.54, 1.807) is 23.2 Å². The second kappa shape index (κ2) is 7.30. The molecule has 1 aromatic heterocycles. The van der Waals surface area contributed by atoms with E-state index in [-0.39, 0.29) is 10.3 Å². The molecule has 2 heterocycles. The Kier molecular flexibility index (Phi) is 6.23. The summed E-state index contributed by atoms with van der Waals surface area (Å²) in [7, 11) is -1.94. The topological polar surface area (TPSA) is 46.6 Å². The molecule has 114 valence electrons. The van der Waals surface area contributed by atoms with Crippen molar-refractivity contribution in [2.45, 2.75) is 16.7 Å². The van der Waals surface area contributed by atoms with Crippen LogP contribution in [0.5, 0.6) is 0 Å². The van der Waals surface area contributed by atoms with Gasteiger partial charge in [-0.2, -0.15) is 16.1 Å². The number of sulfonamides is 1. The van der Waals surface area contributed by atoms with Crippen LogP contribution in [0.25, 0.3) is 0 Å². The third-order valence-electron chi connectivity index (χ3n) is 3.01. The zero-order valence-corrected chi connectivity index (χ0v) is 15.6. The van der Waals surface area contributed by atoms with Crippen LogP contribution in [0, 0.1) is 0 Å². The Labute approximate surface area is 141 Å². The molecule has 0 saturated carbocycles. The molecule has 1 saturated heterocycles. The molecule has 2 rings (SSSR count). The fraction of sp³-hybridized carbons (Fsp3) is 0.636. The van der Waals surface area contributed by atoms with E-state index in [1.807, 2.05) is 0 Å². The Hall–Kier alpha value is 0.690. The van der Waals surface area contributed by atoms with Crippen LogP contribution in [-0.2, 0) is 14.8 Å². The summed E-state index contributed by atoms with van der Waals surface area (Å²) in [6.45, 7) is 0.762. The number of methoxy groups -OCH3 is 1. The Morgan fingerprint density at radius 2 is 2.35 bits per heavy atom. The monoisotopic (exact) mass is 419 g/mol. The minimum atomic E-state index is -3.51. The third kappa shape index (κ3) is 3.71. The van der Waals surface area contributed by atoms with Gasteiger partial charge in [0.1, 0.15) is 4.21 Å². The summed E-state index contributed by atoms with van der Waals surface area (Å²) in [6.07, 6.45) is 0.883. The van der Waals surface area contributed by atoms with Gasteiger partial charge in [0, 0.05) is 25.4 Å². The highest BCUT2D eigenvalue weighted by Crippen LogP contribution is 2.37. The van der Waals surface area contributed by atoms with Gasteiger partial charge in [0.2, 0.25) is 0 Å². The number of halogens is 2. The molecule has 0 radical (unpaired) electrons. The SMILES string of the molecule is COCCN(C1CCSC1)S(=O)(=O)c1cc(Cl)c(Br)s1. The van der Waals surface area contributed by atoms with E-state index in [9.17, 15) is 8.42 Å². The molecule has 9 heteroatoms. The molecule has 0 spiro atoms. The third-order valence-corrected chi connectivity index (χ3v) is 9.03. The van der Waals surface area contributed by atoms with Crippen molar-refractivity contribution in [2.75, 3.05) is 31.8 Å². The first-order chi connectivity index (χ1) is 9.46. The van der Waals surface area contributed by atoms with Crippen LogP contribution in [0.15, 0.2) is 14.1 Å². The number of thiophene rings is 1. The van der Waals surface area contributed by atoms with Crippen molar-refractivity contribution in [3.63, 3.8) is 0 Å². The molecule has 1 aromatic rings. The maximum Gasteiger partial charge on any atom is 0.253 e. The molecule has 4 nitrogen and oxygen atoms in total. The summed E-state index contributed by atoms with van der Waals surface area (Å²) in [5, 5.41) is 0.432. The largest absolute Gasteiger partial charge is 0.383 e. The van der Waals surface area contributed by atoms with E-state index in [1.165, 1.54) is 6.07 Å². The van der Waals surface area contributed by atoms with Gasteiger partial charge in [0.15, 0.2) is 0 Å². The lowest BCUT2D eigenvalue weighted by molar-refractivity contribution is 0.169. The summed E-state index contributed by atoms with van der Waals surface area (Å²) >= 11 is 12.2. The van der Waals surface area contributed by atoms with E-state index < -0.39 is 10.0 Å². The van der Waals surface area contributed by atoms with Crippen LogP contribution in [0.4, 0.5) is 0 Å². The van der Waals surface area contributed by atoms with Gasteiger partial charge in [-0.1, -0.05) is 11.6 Å². The van der Waals surface area contributed by atoms with Crippen LogP contribution in [0.2, 0.25) is 5.02 Å². The smallest absolute Gasteiger partial charge is 0.253 e. The molecule has 1 atom stereocenters. The van der Waals surface area contributed by atoms with Gasteiger partial charge in [0.25, 0.3) is 10.0 Å². The van der Waals surface area contributed by atoms with E-state index in [0.29, 0.717) is 22.0 Å². The second-order valence-corrected chi connectivity index (χ2v) is 10.4. The van der Waals surface area contributed by atoms with Gasteiger partial charge in [0.05, 0.1) is 15.4 Å². The van der Waals surface area contributed by atoms with Crippen molar-refractivity contribution < 1.29 is 13.2 Å². The molecule has 0 amide bonds. The highest BCUT2D eigenvalue weighted by Gasteiger charge is 2.34. The summed E-state index contributed by atoms with van der Waals surface area (Å²) in [5.74, 6) is 1.84. The van der Waals surface area contributed by atoms with E-state index in [2.05, 4.69) is 15.9 Å². The van der Waals surface area contributed by atoms with Crippen LogP contribution >= 0.6 is 50.6 Å².